The van der Waals surface area contributed by atoms with E-state index in [2.05, 4.69) is 5.32 Å². The smallest absolute Gasteiger partial charge is 0.224 e. The monoisotopic (exact) mass is 269 g/mol. The molecule has 0 bridgehead atoms. The maximum absolute atomic E-state index is 11.8. The van der Waals surface area contributed by atoms with Gasteiger partial charge < -0.3 is 10.4 Å². The average molecular weight is 269 g/mol. The van der Waals surface area contributed by atoms with Crippen LogP contribution in [-0.2, 0) is 17.6 Å². The first-order chi connectivity index (χ1) is 9.63. The minimum absolute atomic E-state index is 0.0348. The second kappa shape index (κ2) is 6.75. The van der Waals surface area contributed by atoms with Gasteiger partial charge in [0.15, 0.2) is 0 Å². The number of phenols is 1. The molecule has 0 fully saturated rings. The Morgan fingerprint density at radius 1 is 1.00 bits per heavy atom. The highest BCUT2D eigenvalue weighted by atomic mass is 16.3. The summed E-state index contributed by atoms with van der Waals surface area (Å²) in [5, 5.41) is 12.1. The van der Waals surface area contributed by atoms with Gasteiger partial charge in [-0.15, -0.1) is 0 Å². The first-order valence-electron chi connectivity index (χ1n) is 6.73. The number of carbonyl (C=O) groups is 1. The van der Waals surface area contributed by atoms with E-state index in [1.165, 1.54) is 5.56 Å². The predicted octanol–water partition coefficient (Wildman–Crippen LogP) is 2.60. The highest BCUT2D eigenvalue weighted by molar-refractivity contribution is 5.78. The number of hydrogen-bond acceptors (Lipinski definition) is 2. The molecule has 2 aromatic carbocycles. The van der Waals surface area contributed by atoms with Crippen LogP contribution in [0.5, 0.6) is 5.75 Å². The van der Waals surface area contributed by atoms with Crippen molar-refractivity contribution in [3.63, 3.8) is 0 Å². The fourth-order valence-corrected chi connectivity index (χ4v) is 1.96. The van der Waals surface area contributed by atoms with E-state index in [1.54, 1.807) is 12.1 Å². The number of carbonyl (C=O) groups excluding carboxylic acids is 1. The third-order valence-electron chi connectivity index (χ3n) is 3.16. The van der Waals surface area contributed by atoms with Crippen molar-refractivity contribution < 1.29 is 9.90 Å². The topological polar surface area (TPSA) is 49.3 Å². The molecule has 0 aliphatic heterocycles. The van der Waals surface area contributed by atoms with Crippen molar-refractivity contribution in [1.82, 2.24) is 5.32 Å². The second-order valence-corrected chi connectivity index (χ2v) is 4.93. The van der Waals surface area contributed by atoms with Crippen LogP contribution in [0.3, 0.4) is 0 Å². The molecule has 104 valence electrons. The predicted molar refractivity (Wildman–Crippen MR) is 79.7 cm³/mol. The lowest BCUT2D eigenvalue weighted by molar-refractivity contribution is -0.120. The highest BCUT2D eigenvalue weighted by Crippen LogP contribution is 2.09. The van der Waals surface area contributed by atoms with Gasteiger partial charge in [0.1, 0.15) is 5.75 Å². The first-order valence-corrected chi connectivity index (χ1v) is 6.73. The summed E-state index contributed by atoms with van der Waals surface area (Å²) in [5.74, 6) is 0.296. The minimum atomic E-state index is 0.0348. The van der Waals surface area contributed by atoms with E-state index in [1.807, 2.05) is 43.3 Å². The van der Waals surface area contributed by atoms with Gasteiger partial charge in [0.25, 0.3) is 0 Å². The maximum atomic E-state index is 11.8. The van der Waals surface area contributed by atoms with Crippen LogP contribution in [0.1, 0.15) is 16.7 Å². The normalized spacial score (nSPS) is 10.2. The molecule has 0 spiro atoms. The van der Waals surface area contributed by atoms with E-state index in [0.29, 0.717) is 13.0 Å². The Morgan fingerprint density at radius 2 is 1.60 bits per heavy atom. The second-order valence-electron chi connectivity index (χ2n) is 4.93. The Labute approximate surface area is 119 Å². The molecule has 0 aliphatic rings. The van der Waals surface area contributed by atoms with Crippen molar-refractivity contribution in [2.24, 2.45) is 0 Å². The van der Waals surface area contributed by atoms with Crippen LogP contribution < -0.4 is 5.32 Å². The van der Waals surface area contributed by atoms with Gasteiger partial charge in [0, 0.05) is 6.54 Å². The maximum Gasteiger partial charge on any atom is 0.224 e. The van der Waals surface area contributed by atoms with Gasteiger partial charge in [0.2, 0.25) is 5.91 Å². The molecule has 1 amide bonds. The Balaban J connectivity index is 1.75. The molecule has 3 heteroatoms. The number of hydrogen-bond donors (Lipinski definition) is 2. The molecule has 0 atom stereocenters. The minimum Gasteiger partial charge on any atom is -0.508 e. The van der Waals surface area contributed by atoms with Gasteiger partial charge in [0.05, 0.1) is 6.42 Å². The molecule has 3 nitrogen and oxygen atoms in total. The van der Waals surface area contributed by atoms with E-state index in [-0.39, 0.29) is 11.7 Å². The molecule has 0 saturated carbocycles. The Hall–Kier alpha value is -2.29. The van der Waals surface area contributed by atoms with Gasteiger partial charge in [-0.1, -0.05) is 42.0 Å². The van der Waals surface area contributed by atoms with E-state index in [9.17, 15) is 9.90 Å². The molecule has 0 saturated heterocycles. The summed E-state index contributed by atoms with van der Waals surface area (Å²) in [5.41, 5.74) is 3.32. The summed E-state index contributed by atoms with van der Waals surface area (Å²) in [6.45, 7) is 2.64. The van der Waals surface area contributed by atoms with E-state index in [0.717, 1.165) is 17.5 Å². The van der Waals surface area contributed by atoms with Crippen molar-refractivity contribution >= 4 is 5.91 Å². The molecule has 2 aromatic rings. The molecule has 0 aliphatic carbocycles. The van der Waals surface area contributed by atoms with Gasteiger partial charge in [-0.05, 0) is 36.6 Å². The SMILES string of the molecule is Cc1ccc(CC(=O)NCCc2ccc(O)cc2)cc1. The molecule has 2 N–H and O–H groups in total. The molecule has 0 radical (unpaired) electrons. The van der Waals surface area contributed by atoms with Crippen LogP contribution in [-0.4, -0.2) is 17.6 Å². The molecule has 2 rings (SSSR count). The number of amides is 1. The first kappa shape index (κ1) is 14.1. The summed E-state index contributed by atoms with van der Waals surface area (Å²) < 4.78 is 0. The van der Waals surface area contributed by atoms with Gasteiger partial charge in [-0.2, -0.15) is 0 Å². The van der Waals surface area contributed by atoms with Crippen molar-refractivity contribution in [1.29, 1.82) is 0 Å². The lowest BCUT2D eigenvalue weighted by atomic mass is 10.1. The number of rotatable bonds is 5. The van der Waals surface area contributed by atoms with E-state index >= 15 is 0 Å². The van der Waals surface area contributed by atoms with Crippen LogP contribution in [0, 0.1) is 6.92 Å². The van der Waals surface area contributed by atoms with Gasteiger partial charge in [-0.3, -0.25) is 4.79 Å². The zero-order valence-corrected chi connectivity index (χ0v) is 11.6. The number of nitrogens with one attached hydrogen (secondary N) is 1. The molecular weight excluding hydrogens is 250 g/mol. The zero-order chi connectivity index (χ0) is 14.4. The summed E-state index contributed by atoms with van der Waals surface area (Å²) in [7, 11) is 0. The third kappa shape index (κ3) is 4.43. The van der Waals surface area contributed by atoms with Gasteiger partial charge >= 0.3 is 0 Å². The van der Waals surface area contributed by atoms with Crippen LogP contribution in [0.15, 0.2) is 48.5 Å². The van der Waals surface area contributed by atoms with Crippen molar-refractivity contribution in [3.05, 3.63) is 65.2 Å². The summed E-state index contributed by atoms with van der Waals surface area (Å²) >= 11 is 0. The number of aryl methyl sites for hydroxylation is 1. The standard InChI is InChI=1S/C17H19NO2/c1-13-2-4-15(5-3-13)12-17(20)18-11-10-14-6-8-16(19)9-7-14/h2-9,19H,10-12H2,1H3,(H,18,20). The molecule has 0 heterocycles. The summed E-state index contributed by atoms with van der Waals surface area (Å²) in [6, 6.07) is 15.0. The van der Waals surface area contributed by atoms with Crippen molar-refractivity contribution in [2.45, 2.75) is 19.8 Å². The fraction of sp³-hybridized carbons (Fsp3) is 0.235. The van der Waals surface area contributed by atoms with Gasteiger partial charge in [-0.25, -0.2) is 0 Å². The van der Waals surface area contributed by atoms with E-state index in [4.69, 9.17) is 0 Å². The highest BCUT2D eigenvalue weighted by Gasteiger charge is 2.02. The lowest BCUT2D eigenvalue weighted by Crippen LogP contribution is -2.27. The zero-order valence-electron chi connectivity index (χ0n) is 11.6. The van der Waals surface area contributed by atoms with Crippen LogP contribution in [0.2, 0.25) is 0 Å². The third-order valence-corrected chi connectivity index (χ3v) is 3.16. The summed E-state index contributed by atoms with van der Waals surface area (Å²) in [6.07, 6.45) is 1.18. The Morgan fingerprint density at radius 3 is 2.25 bits per heavy atom. The summed E-state index contributed by atoms with van der Waals surface area (Å²) in [4.78, 5) is 11.8. The van der Waals surface area contributed by atoms with Crippen LogP contribution >= 0.6 is 0 Å². The number of benzene rings is 2. The quantitative estimate of drug-likeness (QED) is 0.876. The molecule has 0 aromatic heterocycles. The van der Waals surface area contributed by atoms with E-state index < -0.39 is 0 Å². The largest absolute Gasteiger partial charge is 0.508 e. The van der Waals surface area contributed by atoms with Crippen LogP contribution in [0.4, 0.5) is 0 Å². The van der Waals surface area contributed by atoms with Crippen LogP contribution in [0.25, 0.3) is 0 Å². The van der Waals surface area contributed by atoms with Crippen molar-refractivity contribution in [2.75, 3.05) is 6.54 Å². The number of aromatic hydroxyl groups is 1. The van der Waals surface area contributed by atoms with Crippen molar-refractivity contribution in [3.8, 4) is 5.75 Å². The Kier molecular flexibility index (Phi) is 4.77. The Bertz CT molecular complexity index is 559. The molecule has 20 heavy (non-hydrogen) atoms. The molecule has 0 unspecified atom stereocenters. The molecular formula is C17H19NO2. The average Bonchev–Trinajstić information content (AvgIpc) is 2.44. The fourth-order valence-electron chi connectivity index (χ4n) is 1.96. The number of phenolic OH excluding ortho intramolecular Hbond substituents is 1. The lowest BCUT2D eigenvalue weighted by Gasteiger charge is -2.06.